The highest BCUT2D eigenvalue weighted by Crippen LogP contribution is 2.25. The molecule has 36 heavy (non-hydrogen) atoms. The van der Waals surface area contributed by atoms with Crippen LogP contribution in [-0.2, 0) is 0 Å². The van der Waals surface area contributed by atoms with Gasteiger partial charge in [0.15, 0.2) is 0 Å². The minimum atomic E-state index is 0.715. The van der Waals surface area contributed by atoms with Crippen LogP contribution in [0.1, 0.15) is 27.7 Å². The number of hydrogen-bond donors (Lipinski definition) is 0. The monoisotopic (exact) mass is 468 g/mol. The van der Waals surface area contributed by atoms with Crippen LogP contribution in [0.25, 0.3) is 0 Å². The maximum Gasteiger partial charge on any atom is 0.0858 e. The summed E-state index contributed by atoms with van der Waals surface area (Å²) < 4.78 is 0. The summed E-state index contributed by atoms with van der Waals surface area (Å²) in [4.78, 5) is 3.36. The van der Waals surface area contributed by atoms with Gasteiger partial charge in [-0.15, -0.1) is 0 Å². The molecule has 0 fully saturated rings. The zero-order valence-corrected chi connectivity index (χ0v) is 20.6. The standard InChI is InChI=1S/C30H24N6/c1-5-21-35(22-6-2)29-17-13-27(14-18-29)33-31-25-9-11-26(12-10-25)32-34-28-15-19-30(20-16-28)36(23-7-3)24-8-4/h9-20H,1-4H3. The molecular formula is C30H24N6. The largest absolute Gasteiger partial charge is 0.228 e. The van der Waals surface area contributed by atoms with Crippen LogP contribution in [0, 0.1) is 47.9 Å². The lowest BCUT2D eigenvalue weighted by Gasteiger charge is -2.09. The van der Waals surface area contributed by atoms with Crippen LogP contribution in [0.3, 0.4) is 0 Å². The molecule has 6 nitrogen and oxygen atoms in total. The lowest BCUT2D eigenvalue weighted by Crippen LogP contribution is -2.07. The molecule has 0 N–H and O–H groups in total. The lowest BCUT2D eigenvalue weighted by molar-refractivity contribution is 1.21. The number of rotatable bonds is 6. The Bertz CT molecular complexity index is 1310. The summed E-state index contributed by atoms with van der Waals surface area (Å²) in [6.07, 6.45) is 0. The minimum absolute atomic E-state index is 0.715. The van der Waals surface area contributed by atoms with E-state index in [4.69, 9.17) is 0 Å². The molecule has 0 aliphatic heterocycles. The van der Waals surface area contributed by atoms with Gasteiger partial charge < -0.3 is 0 Å². The predicted molar refractivity (Wildman–Crippen MR) is 146 cm³/mol. The van der Waals surface area contributed by atoms with Crippen LogP contribution in [-0.4, -0.2) is 0 Å². The van der Waals surface area contributed by atoms with Crippen molar-refractivity contribution in [2.75, 3.05) is 9.80 Å². The van der Waals surface area contributed by atoms with E-state index in [-0.39, 0.29) is 0 Å². The topological polar surface area (TPSA) is 55.9 Å². The Kier molecular flexibility index (Phi) is 9.44. The summed E-state index contributed by atoms with van der Waals surface area (Å²) in [6.45, 7) is 7.10. The number of nitrogens with zero attached hydrogens (tertiary/aromatic N) is 6. The van der Waals surface area contributed by atoms with Gasteiger partial charge in [-0.1, -0.05) is 23.7 Å². The van der Waals surface area contributed by atoms with E-state index in [0.717, 1.165) is 22.7 Å². The molecule has 0 radical (unpaired) electrons. The van der Waals surface area contributed by atoms with E-state index in [0.29, 0.717) is 11.4 Å². The number of benzene rings is 3. The number of hydrogen-bond acceptors (Lipinski definition) is 6. The van der Waals surface area contributed by atoms with Gasteiger partial charge >= 0.3 is 0 Å². The van der Waals surface area contributed by atoms with Crippen molar-refractivity contribution in [1.82, 2.24) is 0 Å². The fourth-order valence-electron chi connectivity index (χ4n) is 2.91. The molecule has 0 saturated carbocycles. The predicted octanol–water partition coefficient (Wildman–Crippen LogP) is 8.05. The minimum Gasteiger partial charge on any atom is -0.228 e. The van der Waals surface area contributed by atoms with Gasteiger partial charge in [0.1, 0.15) is 0 Å². The summed E-state index contributed by atoms with van der Waals surface area (Å²) in [6, 6.07) is 34.3. The highest BCUT2D eigenvalue weighted by molar-refractivity contribution is 5.61. The Morgan fingerprint density at radius 3 is 0.833 bits per heavy atom. The highest BCUT2D eigenvalue weighted by atomic mass is 15.1. The van der Waals surface area contributed by atoms with Crippen molar-refractivity contribution in [3.63, 3.8) is 0 Å². The Hall–Kier alpha value is -5.30. The van der Waals surface area contributed by atoms with Gasteiger partial charge in [0, 0.05) is 24.2 Å². The van der Waals surface area contributed by atoms with Crippen LogP contribution in [0.4, 0.5) is 34.1 Å². The molecule has 0 bridgehead atoms. The molecule has 0 aromatic heterocycles. The summed E-state index contributed by atoms with van der Waals surface area (Å²) >= 11 is 0. The van der Waals surface area contributed by atoms with Gasteiger partial charge in [-0.05, 0) is 100 Å². The van der Waals surface area contributed by atoms with Gasteiger partial charge in [0.2, 0.25) is 0 Å². The van der Waals surface area contributed by atoms with E-state index in [2.05, 4.69) is 68.3 Å². The molecule has 0 aliphatic rings. The molecule has 3 aromatic carbocycles. The molecule has 0 saturated heterocycles. The first-order valence-corrected chi connectivity index (χ1v) is 11.1. The normalized spacial score (nSPS) is 9.67. The Balaban J connectivity index is 1.63. The van der Waals surface area contributed by atoms with Crippen molar-refractivity contribution in [1.29, 1.82) is 0 Å². The van der Waals surface area contributed by atoms with Crippen LogP contribution in [0.2, 0.25) is 0 Å². The molecule has 174 valence electrons. The molecular weight excluding hydrogens is 444 g/mol. The molecule has 3 rings (SSSR count). The molecule has 0 heterocycles. The van der Waals surface area contributed by atoms with Crippen LogP contribution in [0.5, 0.6) is 0 Å². The quantitative estimate of drug-likeness (QED) is 0.209. The first-order chi connectivity index (χ1) is 17.7. The molecule has 0 atom stereocenters. The average molecular weight is 469 g/mol. The van der Waals surface area contributed by atoms with E-state index in [9.17, 15) is 0 Å². The van der Waals surface area contributed by atoms with Crippen molar-refractivity contribution in [3.05, 3.63) is 72.8 Å². The average Bonchev–Trinajstić information content (AvgIpc) is 2.92. The zero-order chi connectivity index (χ0) is 25.6. The zero-order valence-electron chi connectivity index (χ0n) is 20.6. The van der Waals surface area contributed by atoms with Gasteiger partial charge in [-0.2, -0.15) is 20.5 Å². The van der Waals surface area contributed by atoms with Crippen LogP contribution < -0.4 is 9.80 Å². The fraction of sp³-hybridized carbons (Fsp3) is 0.133. The smallest absolute Gasteiger partial charge is 0.0858 e. The summed E-state index contributed by atoms with van der Waals surface area (Å²) in [7, 11) is 0. The Labute approximate surface area is 212 Å². The lowest BCUT2D eigenvalue weighted by atomic mass is 10.2. The maximum absolute atomic E-state index is 4.30. The van der Waals surface area contributed by atoms with E-state index >= 15 is 0 Å². The van der Waals surface area contributed by atoms with Gasteiger partial charge in [0.25, 0.3) is 0 Å². The second-order valence-corrected chi connectivity index (χ2v) is 7.07. The third kappa shape index (κ3) is 7.36. The maximum atomic E-state index is 4.30. The SMILES string of the molecule is CC#CN(C#CC)c1ccc(N=Nc2ccc(N=Nc3ccc(N(C#CC)C#CC)cc3)cc2)cc1. The van der Waals surface area contributed by atoms with Crippen LogP contribution in [0.15, 0.2) is 93.3 Å². The molecule has 3 aromatic rings. The Morgan fingerprint density at radius 1 is 0.389 bits per heavy atom. The number of anilines is 2. The van der Waals surface area contributed by atoms with Crippen molar-refractivity contribution < 1.29 is 0 Å². The first kappa shape index (κ1) is 25.3. The van der Waals surface area contributed by atoms with Gasteiger partial charge in [0.05, 0.1) is 34.1 Å². The van der Waals surface area contributed by atoms with Crippen molar-refractivity contribution >= 4 is 34.1 Å². The summed E-state index contributed by atoms with van der Waals surface area (Å²) in [5.41, 5.74) is 4.65. The number of azo groups is 2. The van der Waals surface area contributed by atoms with Crippen LogP contribution >= 0.6 is 0 Å². The summed E-state index contributed by atoms with van der Waals surface area (Å²) in [5.74, 6) is 11.4. The van der Waals surface area contributed by atoms with Gasteiger partial charge in [-0.25, -0.2) is 9.80 Å². The molecule has 6 heteroatoms. The first-order valence-electron chi connectivity index (χ1n) is 11.1. The van der Waals surface area contributed by atoms with Crippen molar-refractivity contribution in [3.8, 4) is 47.9 Å². The molecule has 0 unspecified atom stereocenters. The third-order valence-electron chi connectivity index (χ3n) is 4.52. The summed E-state index contributed by atoms with van der Waals surface area (Å²) in [5, 5.41) is 17.2. The molecule has 0 spiro atoms. The van der Waals surface area contributed by atoms with E-state index in [1.165, 1.54) is 0 Å². The third-order valence-corrected chi connectivity index (χ3v) is 4.52. The second kappa shape index (κ2) is 13.4. The highest BCUT2D eigenvalue weighted by Gasteiger charge is 2.01. The fourth-order valence-corrected chi connectivity index (χ4v) is 2.91. The van der Waals surface area contributed by atoms with E-state index in [1.807, 2.05) is 72.8 Å². The van der Waals surface area contributed by atoms with E-state index < -0.39 is 0 Å². The van der Waals surface area contributed by atoms with Crippen molar-refractivity contribution in [2.45, 2.75) is 27.7 Å². The second-order valence-electron chi connectivity index (χ2n) is 7.07. The molecule has 0 amide bonds. The Morgan fingerprint density at radius 2 is 0.611 bits per heavy atom. The molecule has 0 aliphatic carbocycles. The van der Waals surface area contributed by atoms with Gasteiger partial charge in [-0.3, -0.25) is 0 Å². The van der Waals surface area contributed by atoms with E-state index in [1.54, 1.807) is 37.5 Å². The van der Waals surface area contributed by atoms with Crippen molar-refractivity contribution in [2.24, 2.45) is 20.5 Å².